The Labute approximate surface area is 224 Å². The van der Waals surface area contributed by atoms with Gasteiger partial charge in [-0.05, 0) is 43.7 Å². The number of amides is 1. The normalized spacial score (nSPS) is 23.5. The molecule has 5 rings (SSSR count). The molecule has 1 saturated heterocycles. The molecule has 2 heterocycles. The number of halogens is 1. The Morgan fingerprint density at radius 3 is 2.63 bits per heavy atom. The lowest BCUT2D eigenvalue weighted by Gasteiger charge is -2.25. The lowest BCUT2D eigenvalue weighted by molar-refractivity contribution is -0.532. The van der Waals surface area contributed by atoms with Crippen LogP contribution >= 0.6 is 11.6 Å². The van der Waals surface area contributed by atoms with Crippen molar-refractivity contribution >= 4 is 23.2 Å². The fraction of sp³-hybridized carbons (Fsp3) is 0.286. The molecule has 0 radical (unpaired) electrons. The number of nitrogens with zero attached hydrogens (tertiary/aromatic N) is 2. The second-order valence-electron chi connectivity index (χ2n) is 9.32. The third-order valence-corrected chi connectivity index (χ3v) is 7.47. The molecule has 0 unspecified atom stereocenters. The minimum atomic E-state index is -1.53. The summed E-state index contributed by atoms with van der Waals surface area (Å²) in [5.74, 6) is -0.551. The maximum atomic E-state index is 13.3. The lowest BCUT2D eigenvalue weighted by atomic mass is 9.78. The van der Waals surface area contributed by atoms with Crippen LogP contribution in [0, 0.1) is 21.4 Å². The quantitative estimate of drug-likeness (QED) is 0.332. The van der Waals surface area contributed by atoms with E-state index in [2.05, 4.69) is 16.7 Å². The number of anilines is 1. The molecule has 2 aliphatic rings. The number of benzene rings is 3. The molecule has 2 N–H and O–H groups in total. The summed E-state index contributed by atoms with van der Waals surface area (Å²) < 4.78 is 11.8. The van der Waals surface area contributed by atoms with Gasteiger partial charge in [0.05, 0.1) is 29.2 Å². The van der Waals surface area contributed by atoms with Crippen LogP contribution in [0.4, 0.5) is 5.69 Å². The van der Waals surface area contributed by atoms with E-state index in [1.165, 1.54) is 0 Å². The summed E-state index contributed by atoms with van der Waals surface area (Å²) in [5, 5.41) is 28.3. The van der Waals surface area contributed by atoms with Gasteiger partial charge >= 0.3 is 0 Å². The molecule has 3 aromatic rings. The summed E-state index contributed by atoms with van der Waals surface area (Å²) in [6, 6.07) is 17.8. The van der Waals surface area contributed by atoms with Gasteiger partial charge in [0.2, 0.25) is 0 Å². The molecule has 38 heavy (non-hydrogen) atoms. The molecule has 0 aliphatic carbocycles. The smallest absolute Gasteiger partial charge is 0.256 e. The van der Waals surface area contributed by atoms with E-state index in [1.807, 2.05) is 19.9 Å². The molecule has 1 spiro atoms. The number of carbonyl (C=O) groups is 1. The first-order chi connectivity index (χ1) is 18.3. The summed E-state index contributed by atoms with van der Waals surface area (Å²) in [6.07, 6.45) is 0. The molecular formula is C28H25ClN4O5. The van der Waals surface area contributed by atoms with Crippen molar-refractivity contribution in [2.45, 2.75) is 44.0 Å². The second kappa shape index (κ2) is 9.97. The van der Waals surface area contributed by atoms with E-state index in [4.69, 9.17) is 21.1 Å². The standard InChI is InChI=1S/C28H25ClN4O5/c1-3-37-23-13-19(12-21(29)25(23)38-15-18-9-5-4-8-17(18)14-30)24-16(2)32-28(26(24)33(35)36)20-10-6-7-11-22(20)31-27(28)34/h4-13,16,24,26,32H,3,15H2,1-2H3,(H,31,34)/t16-,24-,26+,28-/m0/s1. The van der Waals surface area contributed by atoms with Crippen molar-refractivity contribution in [2.24, 2.45) is 0 Å². The van der Waals surface area contributed by atoms with Crippen molar-refractivity contribution in [3.8, 4) is 17.6 Å². The predicted molar refractivity (Wildman–Crippen MR) is 141 cm³/mol. The van der Waals surface area contributed by atoms with Gasteiger partial charge in [-0.1, -0.05) is 48.0 Å². The SMILES string of the molecule is CCOc1cc([C@@H]2[C@H](C)N[C@]3(C(=O)Nc4ccccc43)[C@@H]2[N+](=O)[O-])cc(Cl)c1OCc1ccccc1C#N. The number of ether oxygens (including phenoxy) is 2. The van der Waals surface area contributed by atoms with Gasteiger partial charge in [0.15, 0.2) is 17.0 Å². The Morgan fingerprint density at radius 2 is 1.89 bits per heavy atom. The second-order valence-corrected chi connectivity index (χ2v) is 9.72. The van der Waals surface area contributed by atoms with E-state index >= 15 is 0 Å². The maximum Gasteiger partial charge on any atom is 0.256 e. The van der Waals surface area contributed by atoms with Crippen molar-refractivity contribution in [3.63, 3.8) is 0 Å². The highest BCUT2D eigenvalue weighted by atomic mass is 35.5. The predicted octanol–water partition coefficient (Wildman–Crippen LogP) is 4.76. The van der Waals surface area contributed by atoms with Crippen LogP contribution < -0.4 is 20.1 Å². The van der Waals surface area contributed by atoms with E-state index in [9.17, 15) is 20.2 Å². The fourth-order valence-corrected chi connectivity index (χ4v) is 5.92. The molecule has 4 atom stereocenters. The minimum Gasteiger partial charge on any atom is -0.490 e. The first kappa shape index (κ1) is 25.5. The zero-order chi connectivity index (χ0) is 27.0. The van der Waals surface area contributed by atoms with Crippen LogP contribution in [0.2, 0.25) is 5.02 Å². The number of rotatable bonds is 7. The molecule has 0 aromatic heterocycles. The molecule has 0 saturated carbocycles. The van der Waals surface area contributed by atoms with Gasteiger partial charge in [-0.2, -0.15) is 5.26 Å². The molecule has 1 fully saturated rings. The molecule has 1 amide bonds. The Morgan fingerprint density at radius 1 is 1.16 bits per heavy atom. The first-order valence-corrected chi connectivity index (χ1v) is 12.6. The molecule has 2 aliphatic heterocycles. The summed E-state index contributed by atoms with van der Waals surface area (Å²) in [6.45, 7) is 4.02. The fourth-order valence-electron chi connectivity index (χ4n) is 5.64. The van der Waals surface area contributed by atoms with Gasteiger partial charge in [-0.25, -0.2) is 0 Å². The highest BCUT2D eigenvalue weighted by Crippen LogP contribution is 2.51. The van der Waals surface area contributed by atoms with Gasteiger partial charge in [-0.15, -0.1) is 0 Å². The van der Waals surface area contributed by atoms with Crippen molar-refractivity contribution in [2.75, 3.05) is 11.9 Å². The van der Waals surface area contributed by atoms with Gasteiger partial charge in [0.25, 0.3) is 11.9 Å². The molecule has 3 aromatic carbocycles. The van der Waals surface area contributed by atoms with Crippen LogP contribution in [0.1, 0.15) is 42.0 Å². The maximum absolute atomic E-state index is 13.3. The van der Waals surface area contributed by atoms with Crippen LogP contribution in [0.3, 0.4) is 0 Å². The highest BCUT2D eigenvalue weighted by molar-refractivity contribution is 6.32. The number of hydrogen-bond acceptors (Lipinski definition) is 7. The van der Waals surface area contributed by atoms with E-state index < -0.39 is 29.4 Å². The zero-order valence-electron chi connectivity index (χ0n) is 20.7. The highest BCUT2D eigenvalue weighted by Gasteiger charge is 2.67. The number of nitro groups is 1. The third-order valence-electron chi connectivity index (χ3n) is 7.19. The largest absolute Gasteiger partial charge is 0.490 e. The van der Waals surface area contributed by atoms with Crippen LogP contribution in [-0.2, 0) is 16.9 Å². The third kappa shape index (κ3) is 4.02. The molecule has 0 bridgehead atoms. The number of carbonyl (C=O) groups excluding carboxylic acids is 1. The summed E-state index contributed by atoms with van der Waals surface area (Å²) in [5.41, 5.74) is 1.30. The van der Waals surface area contributed by atoms with E-state index in [1.54, 1.807) is 54.6 Å². The van der Waals surface area contributed by atoms with Gasteiger partial charge < -0.3 is 14.8 Å². The molecular weight excluding hydrogens is 508 g/mol. The van der Waals surface area contributed by atoms with Gasteiger partial charge in [0, 0.05) is 27.8 Å². The number of fused-ring (bicyclic) bond motifs is 2. The van der Waals surface area contributed by atoms with E-state index in [0.29, 0.717) is 40.3 Å². The van der Waals surface area contributed by atoms with Crippen molar-refractivity contribution in [3.05, 3.63) is 98.1 Å². The molecule has 10 heteroatoms. The summed E-state index contributed by atoms with van der Waals surface area (Å²) in [4.78, 5) is 25.5. The topological polar surface area (TPSA) is 127 Å². The summed E-state index contributed by atoms with van der Waals surface area (Å²) in [7, 11) is 0. The van der Waals surface area contributed by atoms with E-state index in [-0.39, 0.29) is 22.3 Å². The van der Waals surface area contributed by atoms with Crippen LogP contribution in [-0.4, -0.2) is 29.5 Å². The Hall–Kier alpha value is -4.13. The Balaban J connectivity index is 1.55. The number of para-hydroxylation sites is 1. The lowest BCUT2D eigenvalue weighted by Crippen LogP contribution is -2.54. The van der Waals surface area contributed by atoms with Crippen LogP contribution in [0.15, 0.2) is 60.7 Å². The van der Waals surface area contributed by atoms with Crippen molar-refractivity contribution in [1.82, 2.24) is 5.32 Å². The van der Waals surface area contributed by atoms with Gasteiger partial charge in [0.1, 0.15) is 6.61 Å². The number of hydrogen-bond donors (Lipinski definition) is 2. The van der Waals surface area contributed by atoms with Crippen LogP contribution in [0.5, 0.6) is 11.5 Å². The minimum absolute atomic E-state index is 0.0852. The van der Waals surface area contributed by atoms with Crippen molar-refractivity contribution < 1.29 is 19.2 Å². The van der Waals surface area contributed by atoms with Crippen molar-refractivity contribution in [1.29, 1.82) is 5.26 Å². The monoisotopic (exact) mass is 532 g/mol. The molecule has 194 valence electrons. The number of nitrogens with one attached hydrogen (secondary N) is 2. The average Bonchev–Trinajstić information content (AvgIpc) is 3.37. The first-order valence-electron chi connectivity index (χ1n) is 12.2. The summed E-state index contributed by atoms with van der Waals surface area (Å²) >= 11 is 6.68. The average molecular weight is 533 g/mol. The van der Waals surface area contributed by atoms with E-state index in [0.717, 1.165) is 0 Å². The van der Waals surface area contributed by atoms with Crippen LogP contribution in [0.25, 0.3) is 0 Å². The Bertz CT molecular complexity index is 1470. The number of nitriles is 1. The molecule has 9 nitrogen and oxygen atoms in total. The Kier molecular flexibility index (Phi) is 6.69. The zero-order valence-corrected chi connectivity index (χ0v) is 21.5. The van der Waals surface area contributed by atoms with Gasteiger partial charge in [-0.3, -0.25) is 20.2 Å².